The average molecular weight is 336 g/mol. The number of nitrogens with one attached hydrogen (secondary N) is 1. The third-order valence-electron chi connectivity index (χ3n) is 3.80. The number of hydrogen-bond donors (Lipinski definition) is 2. The predicted molar refractivity (Wildman–Crippen MR) is 92.9 cm³/mol. The van der Waals surface area contributed by atoms with E-state index in [4.69, 9.17) is 14.9 Å². The molecule has 0 aliphatic carbocycles. The molecule has 1 aromatic rings. The molecule has 0 aromatic carbocycles. The fourth-order valence-corrected chi connectivity index (χ4v) is 2.79. The van der Waals surface area contributed by atoms with Crippen molar-refractivity contribution < 1.29 is 13.9 Å². The second-order valence-electron chi connectivity index (χ2n) is 6.95. The van der Waals surface area contributed by atoms with Gasteiger partial charge in [0.05, 0.1) is 18.2 Å². The van der Waals surface area contributed by atoms with Crippen molar-refractivity contribution in [3.05, 3.63) is 23.7 Å². The molecule has 0 radical (unpaired) electrons. The van der Waals surface area contributed by atoms with E-state index in [0.717, 1.165) is 31.9 Å². The van der Waals surface area contributed by atoms with Crippen LogP contribution in [0, 0.1) is 0 Å². The molecule has 7 nitrogen and oxygen atoms in total. The third kappa shape index (κ3) is 5.26. The molecule has 0 bridgehead atoms. The molecule has 134 valence electrons. The lowest BCUT2D eigenvalue weighted by atomic mass is 10.1. The normalized spacial score (nSPS) is 17.2. The van der Waals surface area contributed by atoms with E-state index in [9.17, 15) is 4.79 Å². The van der Waals surface area contributed by atoms with Crippen molar-refractivity contribution in [1.82, 2.24) is 10.2 Å². The van der Waals surface area contributed by atoms with Gasteiger partial charge in [-0.05, 0) is 45.7 Å². The number of furan rings is 1. The Bertz CT molecular complexity index is 581. The van der Waals surface area contributed by atoms with Gasteiger partial charge in [-0.1, -0.05) is 0 Å². The number of nitrogens with two attached hydrogens (primary N) is 1. The lowest BCUT2D eigenvalue weighted by Gasteiger charge is -2.36. The van der Waals surface area contributed by atoms with Crippen LogP contribution >= 0.6 is 0 Å². The van der Waals surface area contributed by atoms with E-state index < -0.39 is 5.91 Å². The van der Waals surface area contributed by atoms with Gasteiger partial charge in [0.2, 0.25) is 0 Å². The molecule has 0 saturated carbocycles. The van der Waals surface area contributed by atoms with Crippen LogP contribution in [0.5, 0.6) is 0 Å². The van der Waals surface area contributed by atoms with Crippen molar-refractivity contribution in [2.45, 2.75) is 51.9 Å². The van der Waals surface area contributed by atoms with Crippen LogP contribution in [0.2, 0.25) is 0 Å². The minimum absolute atomic E-state index is 0.107. The van der Waals surface area contributed by atoms with Crippen LogP contribution in [0.15, 0.2) is 21.5 Å². The largest absolute Gasteiger partial charge is 0.454 e. The van der Waals surface area contributed by atoms with E-state index in [-0.39, 0.29) is 11.4 Å². The van der Waals surface area contributed by atoms with Gasteiger partial charge in [-0.3, -0.25) is 9.79 Å². The number of aliphatic imine (C=N–C) groups is 1. The number of carbonyl (C=O) groups is 1. The number of piperidine rings is 1. The van der Waals surface area contributed by atoms with Crippen LogP contribution in [-0.4, -0.2) is 48.6 Å². The molecule has 0 spiro atoms. The quantitative estimate of drug-likeness (QED) is 0.645. The fraction of sp³-hybridized carbons (Fsp3) is 0.647. The fourth-order valence-electron chi connectivity index (χ4n) is 2.79. The molecule has 1 aromatic heterocycles. The molecule has 3 N–H and O–H groups in total. The molecule has 2 heterocycles. The Hall–Kier alpha value is -2.02. The number of rotatable bonds is 4. The van der Waals surface area contributed by atoms with E-state index >= 15 is 0 Å². The first kappa shape index (κ1) is 18.3. The molecule has 1 fully saturated rings. The minimum Gasteiger partial charge on any atom is -0.454 e. The number of ether oxygens (including phenoxy) is 1. The maximum absolute atomic E-state index is 11.0. The Balaban J connectivity index is 1.83. The van der Waals surface area contributed by atoms with Gasteiger partial charge in [-0.25, -0.2) is 0 Å². The van der Waals surface area contributed by atoms with Crippen LogP contribution in [-0.2, 0) is 11.3 Å². The van der Waals surface area contributed by atoms with E-state index in [0.29, 0.717) is 18.4 Å². The molecule has 0 atom stereocenters. The summed E-state index contributed by atoms with van der Waals surface area (Å²) >= 11 is 0. The summed E-state index contributed by atoms with van der Waals surface area (Å²) in [7, 11) is 1.76. The molecule has 2 rings (SSSR count). The van der Waals surface area contributed by atoms with Crippen molar-refractivity contribution in [2.75, 3.05) is 20.1 Å². The number of likely N-dealkylation sites (tertiary alicyclic amines) is 1. The Kier molecular flexibility index (Phi) is 5.88. The summed E-state index contributed by atoms with van der Waals surface area (Å²) in [5, 5.41) is 3.26. The van der Waals surface area contributed by atoms with Crippen molar-refractivity contribution in [3.63, 3.8) is 0 Å². The van der Waals surface area contributed by atoms with Gasteiger partial charge in [-0.15, -0.1) is 0 Å². The summed E-state index contributed by atoms with van der Waals surface area (Å²) in [5.74, 6) is 1.07. The molecule has 1 amide bonds. The zero-order valence-electron chi connectivity index (χ0n) is 15.0. The van der Waals surface area contributed by atoms with Gasteiger partial charge >= 0.3 is 0 Å². The summed E-state index contributed by atoms with van der Waals surface area (Å²) < 4.78 is 11.4. The Morgan fingerprint density at radius 2 is 2.08 bits per heavy atom. The first-order valence-electron chi connectivity index (χ1n) is 8.30. The maximum Gasteiger partial charge on any atom is 0.284 e. The molecule has 1 aliphatic rings. The van der Waals surface area contributed by atoms with Gasteiger partial charge in [0.1, 0.15) is 5.76 Å². The van der Waals surface area contributed by atoms with Crippen molar-refractivity contribution in [2.24, 2.45) is 10.7 Å². The summed E-state index contributed by atoms with van der Waals surface area (Å²) in [6.07, 6.45) is 2.25. The van der Waals surface area contributed by atoms with Crippen molar-refractivity contribution >= 4 is 11.9 Å². The molecule has 1 saturated heterocycles. The summed E-state index contributed by atoms with van der Waals surface area (Å²) in [6, 6.07) is 3.32. The SMILES string of the molecule is CN=C(NCc1ccc(C(N)=O)o1)N1CCC(OC(C)(C)C)CC1. The summed E-state index contributed by atoms with van der Waals surface area (Å²) in [5.41, 5.74) is 5.08. The second-order valence-corrected chi connectivity index (χ2v) is 6.95. The van der Waals surface area contributed by atoms with Crippen molar-refractivity contribution in [3.8, 4) is 0 Å². The van der Waals surface area contributed by atoms with Crippen molar-refractivity contribution in [1.29, 1.82) is 0 Å². The summed E-state index contributed by atoms with van der Waals surface area (Å²) in [6.45, 7) is 8.51. The third-order valence-corrected chi connectivity index (χ3v) is 3.80. The van der Waals surface area contributed by atoms with Gasteiger partial charge in [0.25, 0.3) is 5.91 Å². The number of amides is 1. The minimum atomic E-state index is -0.563. The first-order chi connectivity index (χ1) is 11.3. The predicted octanol–water partition coefficient (Wildman–Crippen LogP) is 1.73. The Morgan fingerprint density at radius 1 is 1.42 bits per heavy atom. The van der Waals surface area contributed by atoms with Crippen LogP contribution in [0.1, 0.15) is 49.9 Å². The zero-order valence-corrected chi connectivity index (χ0v) is 15.0. The van der Waals surface area contributed by atoms with E-state index in [1.807, 2.05) is 0 Å². The Morgan fingerprint density at radius 3 is 2.58 bits per heavy atom. The molecular formula is C17H28N4O3. The van der Waals surface area contributed by atoms with Gasteiger partial charge in [0, 0.05) is 20.1 Å². The number of nitrogens with zero attached hydrogens (tertiary/aromatic N) is 2. The first-order valence-corrected chi connectivity index (χ1v) is 8.30. The van der Waals surface area contributed by atoms with Crippen LogP contribution in [0.25, 0.3) is 0 Å². The lowest BCUT2D eigenvalue weighted by molar-refractivity contribution is -0.0773. The highest BCUT2D eigenvalue weighted by Crippen LogP contribution is 2.20. The average Bonchev–Trinajstić information content (AvgIpc) is 2.97. The summed E-state index contributed by atoms with van der Waals surface area (Å²) in [4.78, 5) is 17.6. The lowest BCUT2D eigenvalue weighted by Crippen LogP contribution is -2.47. The number of hydrogen-bond acceptors (Lipinski definition) is 4. The van der Waals surface area contributed by atoms with Gasteiger partial charge in [-0.2, -0.15) is 0 Å². The number of guanidine groups is 1. The van der Waals surface area contributed by atoms with Crippen LogP contribution in [0.3, 0.4) is 0 Å². The highest BCUT2D eigenvalue weighted by atomic mass is 16.5. The monoisotopic (exact) mass is 336 g/mol. The maximum atomic E-state index is 11.0. The van der Waals surface area contributed by atoms with E-state index in [1.165, 1.54) is 0 Å². The second kappa shape index (κ2) is 7.70. The molecule has 0 unspecified atom stereocenters. The van der Waals surface area contributed by atoms with E-state index in [1.54, 1.807) is 19.2 Å². The van der Waals surface area contributed by atoms with E-state index in [2.05, 4.69) is 36.0 Å². The molecular weight excluding hydrogens is 308 g/mol. The highest BCUT2D eigenvalue weighted by molar-refractivity contribution is 5.89. The van der Waals surface area contributed by atoms with Crippen LogP contribution in [0.4, 0.5) is 0 Å². The molecule has 24 heavy (non-hydrogen) atoms. The topological polar surface area (TPSA) is 93.1 Å². The molecule has 7 heteroatoms. The van der Waals surface area contributed by atoms with Crippen LogP contribution < -0.4 is 11.1 Å². The molecule has 1 aliphatic heterocycles. The Labute approximate surface area is 143 Å². The van der Waals surface area contributed by atoms with Gasteiger partial charge < -0.3 is 25.1 Å². The zero-order chi connectivity index (χ0) is 17.7. The standard InChI is InChI=1S/C17H28N4O3/c1-17(2,3)24-12-7-9-21(10-8-12)16(19-4)20-11-13-5-6-14(23-13)15(18)22/h5-6,12H,7-11H2,1-4H3,(H2,18,22)(H,19,20). The number of primary amides is 1. The highest BCUT2D eigenvalue weighted by Gasteiger charge is 2.25. The smallest absolute Gasteiger partial charge is 0.284 e. The van der Waals surface area contributed by atoms with Gasteiger partial charge in [0.15, 0.2) is 11.7 Å². The number of carbonyl (C=O) groups excluding carboxylic acids is 1.